The summed E-state index contributed by atoms with van der Waals surface area (Å²) in [4.78, 5) is 39.1. The zero-order valence-corrected chi connectivity index (χ0v) is 14.4. The number of rotatable bonds is 4. The average Bonchev–Trinajstić information content (AvgIpc) is 2.72. The molecular formula is C23H16O4. The molecule has 4 nitrogen and oxygen atoms in total. The lowest BCUT2D eigenvalue weighted by Gasteiger charge is -2.28. The van der Waals surface area contributed by atoms with Crippen molar-refractivity contribution in [2.45, 2.75) is 5.92 Å². The van der Waals surface area contributed by atoms with Gasteiger partial charge in [-0.1, -0.05) is 72.8 Å². The molecule has 0 fully saturated rings. The van der Waals surface area contributed by atoms with Gasteiger partial charge in [-0.25, -0.2) is 0 Å². The van der Waals surface area contributed by atoms with Crippen molar-refractivity contribution in [1.29, 1.82) is 0 Å². The lowest BCUT2D eigenvalue weighted by atomic mass is 9.76. The van der Waals surface area contributed by atoms with E-state index in [2.05, 4.69) is 0 Å². The molecule has 0 aromatic heterocycles. The summed E-state index contributed by atoms with van der Waals surface area (Å²) in [7, 11) is 0. The summed E-state index contributed by atoms with van der Waals surface area (Å²) in [6.45, 7) is 0. The van der Waals surface area contributed by atoms with Crippen molar-refractivity contribution in [1.82, 2.24) is 0 Å². The van der Waals surface area contributed by atoms with Gasteiger partial charge >= 0.3 is 5.97 Å². The van der Waals surface area contributed by atoms with Crippen LogP contribution in [-0.4, -0.2) is 17.5 Å². The number of ether oxygens (including phenoxy) is 1. The van der Waals surface area contributed by atoms with Gasteiger partial charge in [0.05, 0.1) is 11.5 Å². The Bertz CT molecular complexity index is 1010. The molecule has 0 aliphatic carbocycles. The van der Waals surface area contributed by atoms with Crippen LogP contribution in [0.15, 0.2) is 84.9 Å². The number of hydrogen-bond donors (Lipinski definition) is 0. The van der Waals surface area contributed by atoms with Crippen LogP contribution in [0.1, 0.15) is 32.2 Å². The lowest BCUT2D eigenvalue weighted by Crippen LogP contribution is -2.40. The zero-order chi connectivity index (χ0) is 18.8. The van der Waals surface area contributed by atoms with E-state index in [4.69, 9.17) is 4.74 Å². The molecule has 2 unspecified atom stereocenters. The van der Waals surface area contributed by atoms with Crippen LogP contribution in [0.25, 0.3) is 0 Å². The second kappa shape index (κ2) is 7.00. The Balaban J connectivity index is 1.83. The minimum absolute atomic E-state index is 0.239. The zero-order valence-electron chi connectivity index (χ0n) is 14.4. The van der Waals surface area contributed by atoms with Crippen molar-refractivity contribution >= 4 is 17.5 Å². The molecule has 4 heteroatoms. The van der Waals surface area contributed by atoms with E-state index in [1.54, 1.807) is 72.8 Å². The molecule has 27 heavy (non-hydrogen) atoms. The Morgan fingerprint density at radius 1 is 0.778 bits per heavy atom. The Morgan fingerprint density at radius 2 is 1.37 bits per heavy atom. The van der Waals surface area contributed by atoms with Crippen molar-refractivity contribution in [2.24, 2.45) is 5.92 Å². The van der Waals surface area contributed by atoms with Crippen molar-refractivity contribution in [3.63, 3.8) is 0 Å². The summed E-state index contributed by atoms with van der Waals surface area (Å²) in [6, 6.07) is 24.2. The van der Waals surface area contributed by atoms with Gasteiger partial charge in [0.2, 0.25) is 0 Å². The third-order valence-corrected chi connectivity index (χ3v) is 4.73. The molecule has 3 aromatic rings. The molecule has 0 N–H and O–H groups in total. The van der Waals surface area contributed by atoms with E-state index in [9.17, 15) is 14.4 Å². The molecule has 3 aromatic carbocycles. The molecule has 0 radical (unpaired) electrons. The second-order valence-corrected chi connectivity index (χ2v) is 6.38. The number of para-hydroxylation sites is 1. The van der Waals surface area contributed by atoms with Crippen molar-refractivity contribution in [2.75, 3.05) is 0 Å². The number of hydrogen-bond acceptors (Lipinski definition) is 4. The van der Waals surface area contributed by atoms with Crippen LogP contribution in [0.4, 0.5) is 0 Å². The van der Waals surface area contributed by atoms with E-state index < -0.39 is 17.8 Å². The summed E-state index contributed by atoms with van der Waals surface area (Å²) in [6.07, 6.45) is 0. The van der Waals surface area contributed by atoms with Crippen LogP contribution in [-0.2, 0) is 4.79 Å². The Labute approximate surface area is 156 Å². The highest BCUT2D eigenvalue weighted by atomic mass is 16.5. The van der Waals surface area contributed by atoms with E-state index in [0.717, 1.165) is 0 Å². The SMILES string of the molecule is O=C1Oc2ccccc2C(=O)C1C(C(=O)c1ccccc1)c1ccccc1. The third-order valence-electron chi connectivity index (χ3n) is 4.73. The molecule has 0 spiro atoms. The molecule has 1 aliphatic heterocycles. The van der Waals surface area contributed by atoms with E-state index >= 15 is 0 Å². The molecular weight excluding hydrogens is 340 g/mol. The fraction of sp³-hybridized carbons (Fsp3) is 0.0870. The van der Waals surface area contributed by atoms with Gasteiger partial charge in [-0.15, -0.1) is 0 Å². The Kier molecular flexibility index (Phi) is 4.38. The first-order valence-electron chi connectivity index (χ1n) is 8.66. The highest BCUT2D eigenvalue weighted by Gasteiger charge is 2.45. The molecule has 0 saturated carbocycles. The van der Waals surface area contributed by atoms with E-state index in [-0.39, 0.29) is 17.3 Å². The van der Waals surface area contributed by atoms with Crippen LogP contribution < -0.4 is 4.74 Å². The highest BCUT2D eigenvalue weighted by molar-refractivity contribution is 6.18. The molecule has 0 saturated heterocycles. The predicted molar refractivity (Wildman–Crippen MR) is 99.9 cm³/mol. The quantitative estimate of drug-likeness (QED) is 0.306. The maximum absolute atomic E-state index is 13.3. The van der Waals surface area contributed by atoms with Crippen molar-refractivity contribution in [3.05, 3.63) is 102 Å². The Morgan fingerprint density at radius 3 is 2.07 bits per heavy atom. The molecule has 4 rings (SSSR count). The van der Waals surface area contributed by atoms with E-state index in [1.807, 2.05) is 12.1 Å². The topological polar surface area (TPSA) is 60.4 Å². The summed E-state index contributed by atoms with van der Waals surface area (Å²) >= 11 is 0. The summed E-state index contributed by atoms with van der Waals surface area (Å²) < 4.78 is 5.39. The molecule has 132 valence electrons. The van der Waals surface area contributed by atoms with Crippen LogP contribution in [0, 0.1) is 5.92 Å². The lowest BCUT2D eigenvalue weighted by molar-refractivity contribution is -0.138. The van der Waals surface area contributed by atoms with Gasteiger partial charge in [0.1, 0.15) is 11.7 Å². The standard InChI is InChI=1S/C23H16O4/c24-21(16-11-5-2-6-12-16)19(15-9-3-1-4-10-15)20-22(25)17-13-7-8-14-18(17)27-23(20)26/h1-14,19-20H. The first-order valence-corrected chi connectivity index (χ1v) is 8.66. The van der Waals surface area contributed by atoms with Gasteiger partial charge in [0, 0.05) is 5.56 Å². The number of carbonyl (C=O) groups is 3. The van der Waals surface area contributed by atoms with E-state index in [1.165, 1.54) is 0 Å². The van der Waals surface area contributed by atoms with Crippen LogP contribution >= 0.6 is 0 Å². The fourth-order valence-corrected chi connectivity index (χ4v) is 3.43. The molecule has 0 bridgehead atoms. The van der Waals surface area contributed by atoms with Gasteiger partial charge < -0.3 is 4.74 Å². The fourth-order valence-electron chi connectivity index (χ4n) is 3.43. The highest BCUT2D eigenvalue weighted by Crippen LogP contribution is 2.37. The molecule has 2 atom stereocenters. The van der Waals surface area contributed by atoms with Gasteiger partial charge in [0.15, 0.2) is 11.6 Å². The smallest absolute Gasteiger partial charge is 0.323 e. The number of fused-ring (bicyclic) bond motifs is 1. The van der Waals surface area contributed by atoms with Crippen molar-refractivity contribution < 1.29 is 19.1 Å². The molecule has 0 amide bonds. The van der Waals surface area contributed by atoms with Gasteiger partial charge in [0.25, 0.3) is 0 Å². The predicted octanol–water partition coefficient (Wildman–Crippen LogP) is 4.07. The first-order chi connectivity index (χ1) is 13.2. The number of carbonyl (C=O) groups excluding carboxylic acids is 3. The normalized spacial score (nSPS) is 17.0. The minimum Gasteiger partial charge on any atom is -0.425 e. The van der Waals surface area contributed by atoms with E-state index in [0.29, 0.717) is 16.7 Å². The summed E-state index contributed by atoms with van der Waals surface area (Å²) in [5, 5.41) is 0. The number of Topliss-reactive ketones (excluding diaryl/α,β-unsaturated/α-hetero) is 2. The summed E-state index contributed by atoms with van der Waals surface area (Å²) in [5.41, 5.74) is 1.38. The first kappa shape index (κ1) is 16.9. The minimum atomic E-state index is -1.21. The van der Waals surface area contributed by atoms with Gasteiger partial charge in [-0.3, -0.25) is 14.4 Å². The Hall–Kier alpha value is -3.53. The number of ketones is 2. The molecule has 1 heterocycles. The van der Waals surface area contributed by atoms with Crippen LogP contribution in [0.3, 0.4) is 0 Å². The maximum atomic E-state index is 13.3. The van der Waals surface area contributed by atoms with Crippen molar-refractivity contribution in [3.8, 4) is 5.75 Å². The average molecular weight is 356 g/mol. The van der Waals surface area contributed by atoms with Gasteiger partial charge in [-0.2, -0.15) is 0 Å². The van der Waals surface area contributed by atoms with Crippen LogP contribution in [0.5, 0.6) is 5.75 Å². The monoisotopic (exact) mass is 356 g/mol. The molecule has 1 aliphatic rings. The summed E-state index contributed by atoms with van der Waals surface area (Å²) in [5.74, 6) is -3.28. The second-order valence-electron chi connectivity index (χ2n) is 6.38. The maximum Gasteiger partial charge on any atom is 0.323 e. The van der Waals surface area contributed by atoms with Crippen LogP contribution in [0.2, 0.25) is 0 Å². The number of esters is 1. The largest absolute Gasteiger partial charge is 0.425 e. The van der Waals surface area contributed by atoms with Gasteiger partial charge in [-0.05, 0) is 17.7 Å². The third kappa shape index (κ3) is 3.06. The number of benzene rings is 3.